The second kappa shape index (κ2) is 7.36. The van der Waals surface area contributed by atoms with Crippen LogP contribution in [-0.4, -0.2) is 32.6 Å². The van der Waals surface area contributed by atoms with E-state index < -0.39 is 0 Å². The van der Waals surface area contributed by atoms with Gasteiger partial charge in [0.15, 0.2) is 0 Å². The predicted octanol–water partition coefficient (Wildman–Crippen LogP) is 2.92. The molecule has 0 aliphatic rings. The maximum Gasteiger partial charge on any atom is 0.246 e. The van der Waals surface area contributed by atoms with Gasteiger partial charge in [-0.2, -0.15) is 5.10 Å². The van der Waals surface area contributed by atoms with Gasteiger partial charge in [0.05, 0.1) is 11.7 Å². The summed E-state index contributed by atoms with van der Waals surface area (Å²) < 4.78 is 1.70. The summed E-state index contributed by atoms with van der Waals surface area (Å²) in [5.41, 5.74) is 2.01. The van der Waals surface area contributed by atoms with Crippen molar-refractivity contribution < 1.29 is 4.79 Å². The number of amides is 1. The van der Waals surface area contributed by atoms with E-state index in [2.05, 4.69) is 10.1 Å². The van der Waals surface area contributed by atoms with Gasteiger partial charge >= 0.3 is 0 Å². The van der Waals surface area contributed by atoms with E-state index in [1.807, 2.05) is 50.3 Å². The summed E-state index contributed by atoms with van der Waals surface area (Å²) >= 11 is 0. The first-order valence-corrected chi connectivity index (χ1v) is 7.14. The van der Waals surface area contributed by atoms with Gasteiger partial charge in [-0.1, -0.05) is 30.4 Å². The molecule has 1 amide bonds. The fraction of sp³-hybridized carbons (Fsp3) is 0.235. The molecule has 1 heterocycles. The highest BCUT2D eigenvalue weighted by Gasteiger charge is 2.15. The zero-order valence-electron chi connectivity index (χ0n) is 13.0. The van der Waals surface area contributed by atoms with Crippen LogP contribution < -0.4 is 0 Å². The van der Waals surface area contributed by atoms with E-state index in [1.165, 1.54) is 6.33 Å². The third-order valence-corrected chi connectivity index (χ3v) is 3.53. The number of rotatable bonds is 5. The van der Waals surface area contributed by atoms with E-state index >= 15 is 0 Å². The monoisotopic (exact) mass is 296 g/mol. The van der Waals surface area contributed by atoms with Gasteiger partial charge in [-0.15, -0.1) is 0 Å². The molecule has 5 nitrogen and oxygen atoms in total. The lowest BCUT2D eigenvalue weighted by molar-refractivity contribution is -0.126. The summed E-state index contributed by atoms with van der Waals surface area (Å²) in [6.45, 7) is 3.92. The molecule has 0 saturated heterocycles. The molecule has 1 atom stereocenters. The van der Waals surface area contributed by atoms with Crippen LogP contribution in [-0.2, 0) is 4.79 Å². The Hall–Kier alpha value is -2.69. The van der Waals surface area contributed by atoms with Crippen molar-refractivity contribution in [3.8, 4) is 5.69 Å². The van der Waals surface area contributed by atoms with Crippen molar-refractivity contribution >= 4 is 5.91 Å². The summed E-state index contributed by atoms with van der Waals surface area (Å²) in [6.07, 6.45) is 10.2. The van der Waals surface area contributed by atoms with Crippen LogP contribution >= 0.6 is 0 Å². The fourth-order valence-corrected chi connectivity index (χ4v) is 2.03. The fourth-order valence-electron chi connectivity index (χ4n) is 2.03. The Morgan fingerprint density at radius 3 is 2.59 bits per heavy atom. The molecule has 0 radical (unpaired) electrons. The molecule has 0 aliphatic heterocycles. The number of allylic oxidation sites excluding steroid dienone is 3. The Morgan fingerprint density at radius 2 is 2.00 bits per heavy atom. The van der Waals surface area contributed by atoms with Crippen LogP contribution in [0.15, 0.2) is 61.2 Å². The summed E-state index contributed by atoms with van der Waals surface area (Å²) in [5, 5.41) is 4.09. The lowest BCUT2D eigenvalue weighted by Crippen LogP contribution is -2.27. The van der Waals surface area contributed by atoms with Crippen molar-refractivity contribution in [2.75, 3.05) is 7.05 Å². The third kappa shape index (κ3) is 3.69. The zero-order chi connectivity index (χ0) is 15.9. The molecule has 2 rings (SSSR count). The molecule has 1 unspecified atom stereocenters. The lowest BCUT2D eigenvalue weighted by Gasteiger charge is -2.24. The maximum absolute atomic E-state index is 12.1. The Labute approximate surface area is 130 Å². The maximum atomic E-state index is 12.1. The normalized spacial score (nSPS) is 12.9. The van der Waals surface area contributed by atoms with Gasteiger partial charge in [0, 0.05) is 13.1 Å². The summed E-state index contributed by atoms with van der Waals surface area (Å²) in [5.74, 6) is -0.0223. The van der Waals surface area contributed by atoms with Crippen molar-refractivity contribution in [1.29, 1.82) is 0 Å². The van der Waals surface area contributed by atoms with Gasteiger partial charge in [0.2, 0.25) is 5.91 Å². The van der Waals surface area contributed by atoms with Crippen LogP contribution in [0.1, 0.15) is 25.5 Å². The van der Waals surface area contributed by atoms with E-state index in [1.54, 1.807) is 35.1 Å². The summed E-state index contributed by atoms with van der Waals surface area (Å²) in [4.78, 5) is 17.7. The van der Waals surface area contributed by atoms with Crippen molar-refractivity contribution in [3.05, 3.63) is 66.8 Å². The quantitative estimate of drug-likeness (QED) is 0.629. The van der Waals surface area contributed by atoms with Gasteiger partial charge in [0.1, 0.15) is 12.7 Å². The van der Waals surface area contributed by atoms with E-state index in [-0.39, 0.29) is 11.9 Å². The number of aromatic nitrogens is 3. The standard InChI is InChI=1S/C17H20N4O/c1-4-5-6-7-17(22)20(3)14(2)15-8-10-16(11-9-15)21-13-18-12-19-21/h4-14H,1-3H3/b5-4+,7-6+. The Kier molecular flexibility index (Phi) is 5.25. The summed E-state index contributed by atoms with van der Waals surface area (Å²) in [7, 11) is 1.80. The first kappa shape index (κ1) is 15.7. The van der Waals surface area contributed by atoms with Crippen molar-refractivity contribution in [2.45, 2.75) is 19.9 Å². The highest BCUT2D eigenvalue weighted by molar-refractivity contribution is 5.88. The second-order valence-electron chi connectivity index (χ2n) is 4.94. The minimum absolute atomic E-state index is 0.00690. The van der Waals surface area contributed by atoms with Crippen molar-refractivity contribution in [2.24, 2.45) is 0 Å². The van der Waals surface area contributed by atoms with Crippen LogP contribution in [0.2, 0.25) is 0 Å². The summed E-state index contributed by atoms with van der Waals surface area (Å²) in [6, 6.07) is 7.93. The van der Waals surface area contributed by atoms with Crippen LogP contribution in [0.4, 0.5) is 0 Å². The molecule has 0 fully saturated rings. The van der Waals surface area contributed by atoms with Crippen LogP contribution in [0, 0.1) is 0 Å². The Bertz CT molecular complexity index is 656. The molecule has 1 aromatic carbocycles. The first-order valence-electron chi connectivity index (χ1n) is 7.14. The molecule has 0 aliphatic carbocycles. The molecule has 0 N–H and O–H groups in total. The van der Waals surface area contributed by atoms with E-state index in [9.17, 15) is 4.79 Å². The molecular weight excluding hydrogens is 276 g/mol. The molecule has 0 bridgehead atoms. The number of nitrogens with zero attached hydrogens (tertiary/aromatic N) is 4. The molecule has 22 heavy (non-hydrogen) atoms. The first-order chi connectivity index (χ1) is 10.6. The Morgan fingerprint density at radius 1 is 1.27 bits per heavy atom. The predicted molar refractivity (Wildman–Crippen MR) is 86.5 cm³/mol. The largest absolute Gasteiger partial charge is 0.335 e. The minimum Gasteiger partial charge on any atom is -0.335 e. The van der Waals surface area contributed by atoms with Gasteiger partial charge in [-0.3, -0.25) is 4.79 Å². The second-order valence-corrected chi connectivity index (χ2v) is 4.94. The van der Waals surface area contributed by atoms with Gasteiger partial charge in [-0.25, -0.2) is 9.67 Å². The average Bonchev–Trinajstić information content (AvgIpc) is 3.08. The minimum atomic E-state index is -0.0223. The van der Waals surface area contributed by atoms with Crippen LogP contribution in [0.5, 0.6) is 0 Å². The highest BCUT2D eigenvalue weighted by Crippen LogP contribution is 2.20. The lowest BCUT2D eigenvalue weighted by atomic mass is 10.1. The molecule has 0 saturated carbocycles. The molecule has 5 heteroatoms. The van der Waals surface area contributed by atoms with Crippen molar-refractivity contribution in [3.63, 3.8) is 0 Å². The number of carbonyl (C=O) groups excluding carboxylic acids is 1. The molecule has 0 spiro atoms. The number of hydrogen-bond acceptors (Lipinski definition) is 3. The van der Waals surface area contributed by atoms with Gasteiger partial charge < -0.3 is 4.90 Å². The van der Waals surface area contributed by atoms with Crippen LogP contribution in [0.3, 0.4) is 0 Å². The molecule has 1 aromatic heterocycles. The zero-order valence-corrected chi connectivity index (χ0v) is 13.0. The number of benzene rings is 1. The van der Waals surface area contributed by atoms with Gasteiger partial charge in [0.25, 0.3) is 0 Å². The van der Waals surface area contributed by atoms with Gasteiger partial charge in [-0.05, 0) is 31.5 Å². The number of likely N-dealkylation sites (N-methyl/N-ethyl adjacent to an activating group) is 1. The smallest absolute Gasteiger partial charge is 0.246 e. The van der Waals surface area contributed by atoms with E-state index in [4.69, 9.17) is 0 Å². The SMILES string of the molecule is C/C=C/C=C/C(=O)N(C)C(C)c1ccc(-n2cncn2)cc1. The molecular formula is C17H20N4O. The number of hydrogen-bond donors (Lipinski definition) is 0. The van der Waals surface area contributed by atoms with E-state index in [0.717, 1.165) is 11.3 Å². The topological polar surface area (TPSA) is 51.0 Å². The van der Waals surface area contributed by atoms with Crippen LogP contribution in [0.25, 0.3) is 5.69 Å². The van der Waals surface area contributed by atoms with Crippen molar-refractivity contribution in [1.82, 2.24) is 19.7 Å². The molecule has 2 aromatic rings. The van der Waals surface area contributed by atoms with E-state index in [0.29, 0.717) is 0 Å². The third-order valence-electron chi connectivity index (χ3n) is 3.53. The molecule has 114 valence electrons. The average molecular weight is 296 g/mol. The number of carbonyl (C=O) groups is 1. The Balaban J connectivity index is 2.09. The highest BCUT2D eigenvalue weighted by atomic mass is 16.2.